The second kappa shape index (κ2) is 8.08. The molecular formula is C16H23N3OS. The second-order valence-electron chi connectivity index (χ2n) is 5.33. The van der Waals surface area contributed by atoms with Crippen LogP contribution in [0.5, 0.6) is 5.75 Å². The van der Waals surface area contributed by atoms with Gasteiger partial charge in [0, 0.05) is 11.7 Å². The summed E-state index contributed by atoms with van der Waals surface area (Å²) in [7, 11) is 0. The largest absolute Gasteiger partial charge is 0.493 e. The minimum atomic E-state index is 0.398. The van der Waals surface area contributed by atoms with Crippen LogP contribution in [0.25, 0.3) is 0 Å². The first kappa shape index (κ1) is 15.9. The summed E-state index contributed by atoms with van der Waals surface area (Å²) in [6.07, 6.45) is 2.14. The Labute approximate surface area is 130 Å². The minimum absolute atomic E-state index is 0.398. The monoisotopic (exact) mass is 305 g/mol. The van der Waals surface area contributed by atoms with Crippen molar-refractivity contribution in [2.45, 2.75) is 44.7 Å². The van der Waals surface area contributed by atoms with Crippen LogP contribution in [-0.4, -0.2) is 27.5 Å². The number of H-pyrrole nitrogens is 1. The minimum Gasteiger partial charge on any atom is -0.493 e. The number of aromatic nitrogens is 3. The number of thioether (sulfide) groups is 1. The van der Waals surface area contributed by atoms with Gasteiger partial charge in [0.05, 0.1) is 6.61 Å². The summed E-state index contributed by atoms with van der Waals surface area (Å²) in [5.74, 6) is 3.36. The number of ether oxygens (including phenoxy) is 1. The molecule has 0 radical (unpaired) electrons. The number of rotatable bonds is 8. The Kier molecular flexibility index (Phi) is 6.11. The SMILES string of the molecule is Cc1ccccc1OCCCCSc1n[nH]c(C(C)C)n1. The molecule has 0 bridgehead atoms. The van der Waals surface area contributed by atoms with Crippen molar-refractivity contribution in [3.63, 3.8) is 0 Å². The van der Waals surface area contributed by atoms with Crippen LogP contribution in [0.4, 0.5) is 0 Å². The highest BCUT2D eigenvalue weighted by Gasteiger charge is 2.06. The molecule has 114 valence electrons. The molecule has 1 heterocycles. The molecule has 1 aromatic carbocycles. The molecule has 0 fully saturated rings. The number of nitrogens with zero attached hydrogens (tertiary/aromatic N) is 2. The molecule has 0 unspecified atom stereocenters. The number of aromatic amines is 1. The number of benzene rings is 1. The second-order valence-corrected chi connectivity index (χ2v) is 6.39. The quantitative estimate of drug-likeness (QED) is 0.587. The van der Waals surface area contributed by atoms with E-state index in [2.05, 4.69) is 42.0 Å². The van der Waals surface area contributed by atoms with Crippen molar-refractivity contribution in [2.24, 2.45) is 0 Å². The smallest absolute Gasteiger partial charge is 0.208 e. The Morgan fingerprint density at radius 3 is 2.76 bits per heavy atom. The van der Waals surface area contributed by atoms with E-state index in [1.54, 1.807) is 11.8 Å². The molecule has 21 heavy (non-hydrogen) atoms. The average Bonchev–Trinajstić information content (AvgIpc) is 2.93. The average molecular weight is 305 g/mol. The zero-order chi connectivity index (χ0) is 15.1. The lowest BCUT2D eigenvalue weighted by Gasteiger charge is -2.08. The third-order valence-electron chi connectivity index (χ3n) is 3.15. The highest BCUT2D eigenvalue weighted by molar-refractivity contribution is 7.99. The predicted octanol–water partition coefficient (Wildman–Crippen LogP) is 4.19. The highest BCUT2D eigenvalue weighted by atomic mass is 32.2. The van der Waals surface area contributed by atoms with Gasteiger partial charge in [-0.2, -0.15) is 0 Å². The first-order valence-corrected chi connectivity index (χ1v) is 8.39. The molecule has 0 aliphatic rings. The fraction of sp³-hybridized carbons (Fsp3) is 0.500. The predicted molar refractivity (Wildman–Crippen MR) is 87.1 cm³/mol. The number of hydrogen-bond acceptors (Lipinski definition) is 4. The maximum Gasteiger partial charge on any atom is 0.208 e. The van der Waals surface area contributed by atoms with Gasteiger partial charge in [0.1, 0.15) is 11.6 Å². The van der Waals surface area contributed by atoms with Crippen LogP contribution < -0.4 is 4.74 Å². The van der Waals surface area contributed by atoms with E-state index in [-0.39, 0.29) is 0 Å². The fourth-order valence-electron chi connectivity index (χ4n) is 1.85. The van der Waals surface area contributed by atoms with Crippen LogP contribution in [0, 0.1) is 6.92 Å². The van der Waals surface area contributed by atoms with E-state index in [0.29, 0.717) is 5.92 Å². The van der Waals surface area contributed by atoms with Gasteiger partial charge in [-0.1, -0.05) is 43.8 Å². The molecule has 0 atom stereocenters. The van der Waals surface area contributed by atoms with E-state index in [0.717, 1.165) is 41.9 Å². The van der Waals surface area contributed by atoms with Crippen molar-refractivity contribution in [1.82, 2.24) is 15.2 Å². The van der Waals surface area contributed by atoms with E-state index in [9.17, 15) is 0 Å². The third-order valence-corrected chi connectivity index (χ3v) is 4.08. The molecule has 2 rings (SSSR count). The van der Waals surface area contributed by atoms with E-state index >= 15 is 0 Å². The van der Waals surface area contributed by atoms with Crippen LogP contribution in [0.2, 0.25) is 0 Å². The van der Waals surface area contributed by atoms with Gasteiger partial charge in [0.25, 0.3) is 0 Å². The standard InChI is InChI=1S/C16H23N3OS/c1-12(2)15-17-16(19-18-15)21-11-7-6-10-20-14-9-5-4-8-13(14)3/h4-5,8-9,12H,6-7,10-11H2,1-3H3,(H,17,18,19). The molecule has 4 nitrogen and oxygen atoms in total. The molecule has 0 spiro atoms. The molecule has 5 heteroatoms. The summed E-state index contributed by atoms with van der Waals surface area (Å²) in [5.41, 5.74) is 1.19. The Morgan fingerprint density at radius 2 is 2.05 bits per heavy atom. The zero-order valence-corrected chi connectivity index (χ0v) is 13.7. The summed E-state index contributed by atoms with van der Waals surface area (Å²) < 4.78 is 5.78. The van der Waals surface area contributed by atoms with Gasteiger partial charge in [-0.25, -0.2) is 4.98 Å². The van der Waals surface area contributed by atoms with Crippen molar-refractivity contribution in [3.8, 4) is 5.75 Å². The molecule has 0 amide bonds. The lowest BCUT2D eigenvalue weighted by atomic mass is 10.2. The van der Waals surface area contributed by atoms with Crippen LogP contribution in [0.15, 0.2) is 29.4 Å². The van der Waals surface area contributed by atoms with Gasteiger partial charge in [0.15, 0.2) is 0 Å². The highest BCUT2D eigenvalue weighted by Crippen LogP contribution is 2.19. The maximum absolute atomic E-state index is 5.78. The van der Waals surface area contributed by atoms with E-state index in [4.69, 9.17) is 4.74 Å². The van der Waals surface area contributed by atoms with Crippen LogP contribution in [0.3, 0.4) is 0 Å². The van der Waals surface area contributed by atoms with Crippen molar-refractivity contribution in [1.29, 1.82) is 0 Å². The Hall–Kier alpha value is -1.49. The number of hydrogen-bond donors (Lipinski definition) is 1. The molecule has 0 aliphatic carbocycles. The number of para-hydroxylation sites is 1. The Bertz CT molecular complexity index is 554. The molecule has 0 aliphatic heterocycles. The number of aryl methyl sites for hydroxylation is 1. The molecular weight excluding hydrogens is 282 g/mol. The summed E-state index contributed by atoms with van der Waals surface area (Å²) in [4.78, 5) is 4.45. The molecule has 0 saturated carbocycles. The fourth-order valence-corrected chi connectivity index (χ4v) is 2.65. The van der Waals surface area contributed by atoms with E-state index in [1.165, 1.54) is 5.56 Å². The maximum atomic E-state index is 5.78. The topological polar surface area (TPSA) is 50.8 Å². The van der Waals surface area contributed by atoms with Crippen LogP contribution in [0.1, 0.15) is 44.0 Å². The third kappa shape index (κ3) is 5.08. The van der Waals surface area contributed by atoms with Gasteiger partial charge in [-0.05, 0) is 31.4 Å². The van der Waals surface area contributed by atoms with Crippen LogP contribution >= 0.6 is 11.8 Å². The number of unbranched alkanes of at least 4 members (excludes halogenated alkanes) is 1. The number of nitrogens with one attached hydrogen (secondary N) is 1. The summed E-state index contributed by atoms with van der Waals surface area (Å²) >= 11 is 1.70. The van der Waals surface area contributed by atoms with Gasteiger partial charge in [-0.15, -0.1) is 5.10 Å². The van der Waals surface area contributed by atoms with Gasteiger partial charge in [-0.3, -0.25) is 5.10 Å². The van der Waals surface area contributed by atoms with E-state index in [1.807, 2.05) is 18.2 Å². The first-order chi connectivity index (χ1) is 10.2. The van der Waals surface area contributed by atoms with E-state index < -0.39 is 0 Å². The van der Waals surface area contributed by atoms with Gasteiger partial charge < -0.3 is 4.74 Å². The summed E-state index contributed by atoms with van der Waals surface area (Å²) in [6.45, 7) is 7.05. The zero-order valence-electron chi connectivity index (χ0n) is 12.9. The van der Waals surface area contributed by atoms with Crippen molar-refractivity contribution < 1.29 is 4.74 Å². The molecule has 2 aromatic rings. The van der Waals surface area contributed by atoms with Gasteiger partial charge in [0.2, 0.25) is 5.16 Å². The Balaban J connectivity index is 1.61. The first-order valence-electron chi connectivity index (χ1n) is 7.40. The van der Waals surface area contributed by atoms with Crippen molar-refractivity contribution in [2.75, 3.05) is 12.4 Å². The lowest BCUT2D eigenvalue weighted by molar-refractivity contribution is 0.308. The van der Waals surface area contributed by atoms with Crippen molar-refractivity contribution in [3.05, 3.63) is 35.7 Å². The molecule has 0 saturated heterocycles. The van der Waals surface area contributed by atoms with Gasteiger partial charge >= 0.3 is 0 Å². The molecule has 1 N–H and O–H groups in total. The Morgan fingerprint density at radius 1 is 1.24 bits per heavy atom. The van der Waals surface area contributed by atoms with Crippen molar-refractivity contribution >= 4 is 11.8 Å². The normalized spacial score (nSPS) is 11.0. The summed E-state index contributed by atoms with van der Waals surface area (Å²) in [6, 6.07) is 8.13. The molecule has 1 aromatic heterocycles. The van der Waals surface area contributed by atoms with Crippen LogP contribution in [-0.2, 0) is 0 Å². The lowest BCUT2D eigenvalue weighted by Crippen LogP contribution is -1.99. The summed E-state index contributed by atoms with van der Waals surface area (Å²) in [5, 5.41) is 8.03.